The lowest BCUT2D eigenvalue weighted by Gasteiger charge is -2.33. The molecule has 3 N–H and O–H groups in total. The third-order valence-electron chi connectivity index (χ3n) is 3.66. The molecule has 0 fully saturated rings. The zero-order valence-corrected chi connectivity index (χ0v) is 11.5. The molecule has 1 heterocycles. The molecule has 2 rings (SSSR count). The van der Waals surface area contributed by atoms with E-state index in [1.807, 2.05) is 6.07 Å². The van der Waals surface area contributed by atoms with Gasteiger partial charge in [0.25, 0.3) is 5.91 Å². The second kappa shape index (κ2) is 4.42. The molecule has 1 aliphatic carbocycles. The second-order valence-corrected chi connectivity index (χ2v) is 6.98. The van der Waals surface area contributed by atoms with E-state index in [0.29, 0.717) is 11.3 Å². The van der Waals surface area contributed by atoms with Crippen molar-refractivity contribution in [3.63, 3.8) is 0 Å². The summed E-state index contributed by atoms with van der Waals surface area (Å²) in [4.78, 5) is 13.6. The molecule has 3 nitrogen and oxygen atoms in total. The first-order chi connectivity index (χ1) is 7.91. The van der Waals surface area contributed by atoms with Crippen molar-refractivity contribution in [2.24, 2.45) is 17.2 Å². The van der Waals surface area contributed by atoms with Crippen molar-refractivity contribution in [2.45, 2.75) is 40.0 Å². The average molecular weight is 252 g/mol. The third kappa shape index (κ3) is 2.53. The van der Waals surface area contributed by atoms with E-state index in [1.54, 1.807) is 11.3 Å². The molecule has 1 aromatic heterocycles. The van der Waals surface area contributed by atoms with E-state index >= 15 is 0 Å². The molecule has 1 aliphatic rings. The van der Waals surface area contributed by atoms with Crippen LogP contribution in [0.5, 0.6) is 0 Å². The molecule has 94 valence electrons. The Morgan fingerprint density at radius 2 is 2.24 bits per heavy atom. The van der Waals surface area contributed by atoms with Crippen LogP contribution in [0.4, 0.5) is 0 Å². The number of aryl methyl sites for hydroxylation is 1. The number of nitrogens with two attached hydrogens (primary N) is 1. The van der Waals surface area contributed by atoms with Crippen LogP contribution in [0, 0.1) is 11.3 Å². The molecule has 0 aliphatic heterocycles. The van der Waals surface area contributed by atoms with Gasteiger partial charge in [-0.05, 0) is 42.2 Å². The Kier molecular flexibility index (Phi) is 3.27. The number of hydrogen-bond donors (Lipinski definition) is 2. The molecule has 0 unspecified atom stereocenters. The van der Waals surface area contributed by atoms with Crippen LogP contribution in [0.15, 0.2) is 6.07 Å². The van der Waals surface area contributed by atoms with Crippen LogP contribution in [-0.2, 0) is 12.8 Å². The van der Waals surface area contributed by atoms with Crippen LogP contribution in [0.1, 0.15) is 47.3 Å². The summed E-state index contributed by atoms with van der Waals surface area (Å²) in [6, 6.07) is 2.01. The Balaban J connectivity index is 2.21. The van der Waals surface area contributed by atoms with Crippen LogP contribution in [0.3, 0.4) is 0 Å². The van der Waals surface area contributed by atoms with E-state index in [4.69, 9.17) is 5.84 Å². The van der Waals surface area contributed by atoms with Gasteiger partial charge in [-0.2, -0.15) is 0 Å². The fourth-order valence-electron chi connectivity index (χ4n) is 2.45. The van der Waals surface area contributed by atoms with Crippen molar-refractivity contribution in [2.75, 3.05) is 0 Å². The maximum atomic E-state index is 11.5. The molecule has 0 bridgehead atoms. The molecule has 1 amide bonds. The fraction of sp³-hybridized carbons (Fsp3) is 0.615. The van der Waals surface area contributed by atoms with Gasteiger partial charge in [0.1, 0.15) is 0 Å². The minimum Gasteiger partial charge on any atom is -0.289 e. The predicted octanol–water partition coefficient (Wildman–Crippen LogP) is 2.50. The SMILES string of the molecule is CC(C)(C)[C@H]1CCc2sc(C(=O)NN)cc2C1. The van der Waals surface area contributed by atoms with Gasteiger partial charge in [-0.15, -0.1) is 11.3 Å². The minimum absolute atomic E-state index is 0.170. The number of nitrogen functional groups attached to an aromatic ring is 1. The number of carbonyl (C=O) groups is 1. The Hall–Kier alpha value is -0.870. The lowest BCUT2D eigenvalue weighted by atomic mass is 9.72. The maximum absolute atomic E-state index is 11.5. The topological polar surface area (TPSA) is 55.1 Å². The Morgan fingerprint density at radius 3 is 2.82 bits per heavy atom. The van der Waals surface area contributed by atoms with E-state index in [0.717, 1.165) is 17.7 Å². The number of amides is 1. The molecular formula is C13H20N2OS. The molecule has 4 heteroatoms. The quantitative estimate of drug-likeness (QED) is 0.458. The van der Waals surface area contributed by atoms with Gasteiger partial charge in [0.2, 0.25) is 0 Å². The van der Waals surface area contributed by atoms with Gasteiger partial charge < -0.3 is 0 Å². The fourth-order valence-corrected chi connectivity index (χ4v) is 3.56. The second-order valence-electron chi connectivity index (χ2n) is 5.84. The van der Waals surface area contributed by atoms with Crippen LogP contribution in [0.25, 0.3) is 0 Å². The molecule has 1 atom stereocenters. The highest BCUT2D eigenvalue weighted by Crippen LogP contribution is 2.39. The summed E-state index contributed by atoms with van der Waals surface area (Å²) in [6.45, 7) is 6.88. The zero-order valence-electron chi connectivity index (χ0n) is 10.7. The largest absolute Gasteiger partial charge is 0.289 e. The Labute approximate surface area is 106 Å². The predicted molar refractivity (Wildman–Crippen MR) is 70.9 cm³/mol. The van der Waals surface area contributed by atoms with Crippen LogP contribution in [-0.4, -0.2) is 5.91 Å². The number of fused-ring (bicyclic) bond motifs is 1. The number of carbonyl (C=O) groups excluding carboxylic acids is 1. The standard InChI is InChI=1S/C13H20N2OS/c1-13(2,3)9-4-5-10-8(6-9)7-11(17-10)12(16)15-14/h7,9H,4-6,14H2,1-3H3,(H,15,16)/t9-/m0/s1. The summed E-state index contributed by atoms with van der Waals surface area (Å²) in [7, 11) is 0. The number of hydrogen-bond acceptors (Lipinski definition) is 3. The van der Waals surface area contributed by atoms with Gasteiger partial charge >= 0.3 is 0 Å². The smallest absolute Gasteiger partial charge is 0.275 e. The highest BCUT2D eigenvalue weighted by molar-refractivity contribution is 7.14. The molecular weight excluding hydrogens is 232 g/mol. The van der Waals surface area contributed by atoms with Crippen molar-refractivity contribution in [3.05, 3.63) is 21.4 Å². The first-order valence-electron chi connectivity index (χ1n) is 6.04. The molecule has 0 aromatic carbocycles. The van der Waals surface area contributed by atoms with E-state index in [2.05, 4.69) is 26.2 Å². The van der Waals surface area contributed by atoms with Gasteiger partial charge in [0.15, 0.2) is 0 Å². The first kappa shape index (κ1) is 12.6. The van der Waals surface area contributed by atoms with Gasteiger partial charge in [-0.1, -0.05) is 20.8 Å². The summed E-state index contributed by atoms with van der Waals surface area (Å²) < 4.78 is 0. The van der Waals surface area contributed by atoms with Gasteiger partial charge in [0.05, 0.1) is 4.88 Å². The average Bonchev–Trinajstić information content (AvgIpc) is 2.69. The summed E-state index contributed by atoms with van der Waals surface area (Å²) >= 11 is 1.59. The van der Waals surface area contributed by atoms with Crippen molar-refractivity contribution >= 4 is 17.2 Å². The van der Waals surface area contributed by atoms with Crippen molar-refractivity contribution in [1.29, 1.82) is 0 Å². The van der Waals surface area contributed by atoms with Crippen LogP contribution in [0.2, 0.25) is 0 Å². The van der Waals surface area contributed by atoms with Gasteiger partial charge in [-0.25, -0.2) is 5.84 Å². The number of thiophene rings is 1. The summed E-state index contributed by atoms with van der Waals surface area (Å²) in [5.41, 5.74) is 3.89. The van der Waals surface area contributed by atoms with E-state index < -0.39 is 0 Å². The number of hydrazine groups is 1. The van der Waals surface area contributed by atoms with Gasteiger partial charge in [-0.3, -0.25) is 10.2 Å². The van der Waals surface area contributed by atoms with E-state index in [-0.39, 0.29) is 5.91 Å². The van der Waals surface area contributed by atoms with Crippen LogP contribution >= 0.6 is 11.3 Å². The summed E-state index contributed by atoms with van der Waals surface area (Å²) in [5, 5.41) is 0. The monoisotopic (exact) mass is 252 g/mol. The lowest BCUT2D eigenvalue weighted by molar-refractivity contribution is 0.0957. The first-order valence-corrected chi connectivity index (χ1v) is 6.86. The van der Waals surface area contributed by atoms with E-state index in [9.17, 15) is 4.79 Å². The van der Waals surface area contributed by atoms with Crippen molar-refractivity contribution < 1.29 is 4.79 Å². The Bertz CT molecular complexity index is 431. The molecule has 0 saturated heterocycles. The van der Waals surface area contributed by atoms with Gasteiger partial charge in [0, 0.05) is 4.88 Å². The highest BCUT2D eigenvalue weighted by Gasteiger charge is 2.30. The maximum Gasteiger partial charge on any atom is 0.275 e. The Morgan fingerprint density at radius 1 is 1.53 bits per heavy atom. The van der Waals surface area contributed by atoms with Crippen molar-refractivity contribution in [1.82, 2.24) is 5.43 Å². The normalized spacial score (nSPS) is 19.9. The molecule has 1 aromatic rings. The van der Waals surface area contributed by atoms with Crippen LogP contribution < -0.4 is 11.3 Å². The van der Waals surface area contributed by atoms with E-state index in [1.165, 1.54) is 16.9 Å². The minimum atomic E-state index is -0.170. The molecule has 0 saturated carbocycles. The molecule has 0 spiro atoms. The lowest BCUT2D eigenvalue weighted by Crippen LogP contribution is -2.29. The molecule has 17 heavy (non-hydrogen) atoms. The number of nitrogens with one attached hydrogen (secondary N) is 1. The zero-order chi connectivity index (χ0) is 12.6. The third-order valence-corrected chi connectivity index (χ3v) is 4.90. The highest BCUT2D eigenvalue weighted by atomic mass is 32.1. The summed E-state index contributed by atoms with van der Waals surface area (Å²) in [6.07, 6.45) is 3.41. The number of rotatable bonds is 1. The summed E-state index contributed by atoms with van der Waals surface area (Å²) in [5.74, 6) is 5.70. The van der Waals surface area contributed by atoms with Crippen molar-refractivity contribution in [3.8, 4) is 0 Å². The molecule has 0 radical (unpaired) electrons.